The third-order valence-electron chi connectivity index (χ3n) is 11.4. The molecule has 17 heteroatoms. The Kier molecular flexibility index (Phi) is 21.1. The number of hydrogen-bond acceptors (Lipinski definition) is 17. The highest BCUT2D eigenvalue weighted by atomic mass is 16.7. The predicted octanol–water partition coefficient (Wildman–Crippen LogP) is 3.97. The van der Waals surface area contributed by atoms with E-state index < -0.39 is 127 Å². The number of hydrogen-bond donors (Lipinski definition) is 2. The number of carbonyl (C=O) groups excluding carboxylic acids is 5. The van der Waals surface area contributed by atoms with E-state index in [1.165, 1.54) is 14.0 Å². The molecule has 0 aliphatic carbocycles. The van der Waals surface area contributed by atoms with Crippen molar-refractivity contribution in [1.29, 1.82) is 0 Å². The van der Waals surface area contributed by atoms with Crippen LogP contribution in [0.1, 0.15) is 107 Å². The Hall–Kier alpha value is -3.29. The largest absolute Gasteiger partial charge is 0.462 e. The monoisotopic (exact) mass is 883 g/mol. The second-order valence-electron chi connectivity index (χ2n) is 17.8. The number of aliphatic hydroxyl groups is 2. The average molecular weight is 884 g/mol. The lowest BCUT2D eigenvalue weighted by Crippen LogP contribution is -2.66. The number of nitrogens with zero attached hydrogens (tertiary/aromatic N) is 1. The van der Waals surface area contributed by atoms with Gasteiger partial charge in [-0.05, 0) is 72.0 Å². The lowest BCUT2D eigenvalue weighted by atomic mass is 9.82. The van der Waals surface area contributed by atoms with Gasteiger partial charge in [-0.25, -0.2) is 0 Å². The Morgan fingerprint density at radius 3 is 2.26 bits per heavy atom. The number of aliphatic hydroxyl groups excluding tert-OH is 1. The second kappa shape index (κ2) is 24.7. The van der Waals surface area contributed by atoms with E-state index in [-0.39, 0.29) is 38.0 Å². The summed E-state index contributed by atoms with van der Waals surface area (Å²) in [6.07, 6.45) is -3.95. The van der Waals surface area contributed by atoms with Crippen molar-refractivity contribution in [3.63, 3.8) is 0 Å². The molecule has 0 saturated carbocycles. The van der Waals surface area contributed by atoms with Gasteiger partial charge in [0.05, 0.1) is 30.8 Å². The minimum atomic E-state index is -1.51. The molecule has 0 radical (unpaired) electrons. The van der Waals surface area contributed by atoms with Crippen LogP contribution in [-0.4, -0.2) is 152 Å². The summed E-state index contributed by atoms with van der Waals surface area (Å²) in [6, 6.07) is -0.804. The molecule has 16 atom stereocenters. The van der Waals surface area contributed by atoms with Crippen molar-refractivity contribution in [1.82, 2.24) is 4.90 Å². The third kappa shape index (κ3) is 15.5. The van der Waals surface area contributed by atoms with E-state index in [2.05, 4.69) is 0 Å². The normalized spacial score (nSPS) is 38.7. The first kappa shape index (κ1) is 53.1. The molecule has 0 unspecified atom stereocenters. The highest BCUT2D eigenvalue weighted by Gasteiger charge is 2.53. The van der Waals surface area contributed by atoms with Crippen LogP contribution >= 0.6 is 0 Å². The summed E-state index contributed by atoms with van der Waals surface area (Å²) in [5, 5.41) is 23.7. The number of ether oxygens (including phenoxy) is 9. The molecular formula is C45H73NO16. The summed E-state index contributed by atoms with van der Waals surface area (Å²) in [5.41, 5.74) is -1.51. The fourth-order valence-electron chi connectivity index (χ4n) is 8.46. The Balaban J connectivity index is 2.03. The van der Waals surface area contributed by atoms with Gasteiger partial charge in [-0.15, -0.1) is 0 Å². The molecule has 0 amide bonds. The Morgan fingerprint density at radius 1 is 0.984 bits per heavy atom. The summed E-state index contributed by atoms with van der Waals surface area (Å²) in [4.78, 5) is 65.3. The van der Waals surface area contributed by atoms with Crippen LogP contribution in [0.2, 0.25) is 0 Å². The highest BCUT2D eigenvalue weighted by molar-refractivity contribution is 5.72. The van der Waals surface area contributed by atoms with Crippen LogP contribution < -0.4 is 0 Å². The van der Waals surface area contributed by atoms with Gasteiger partial charge >= 0.3 is 23.9 Å². The van der Waals surface area contributed by atoms with Crippen LogP contribution in [0, 0.1) is 17.8 Å². The molecule has 0 aromatic rings. The van der Waals surface area contributed by atoms with Gasteiger partial charge in [0.1, 0.15) is 48.5 Å². The van der Waals surface area contributed by atoms with Crippen molar-refractivity contribution in [3.8, 4) is 0 Å². The standard InChI is InChI=1S/C45H73NO16/c1-13-34(49)59-32-18-16-14-15-17-27(5)55-36(51)23-33(58-30(8)48)42(54-12)41(31(19-20-47)22-26(32)4)62-44-39(52)38(46(10)11)40(28(6)57-44)61-37-24-45(9,53)43(29(7)56-37)60-35(50)21-25(2)3/h14-16,18,20,25-29,31-33,37-44,52-53H,13,17,19,21-24H2,1-12H3/b15-14-,18-16-/t26-,27+,28-,29+,31+,32-,33+,37-,38-,39+,40+,41-,42+,43-,44+,45+/m1/s1. The van der Waals surface area contributed by atoms with Crippen molar-refractivity contribution in [2.75, 3.05) is 21.2 Å². The Bertz CT molecular complexity index is 1520. The summed E-state index contributed by atoms with van der Waals surface area (Å²) >= 11 is 0. The van der Waals surface area contributed by atoms with Crippen LogP contribution in [0.15, 0.2) is 24.3 Å². The number of likely N-dealkylation sites (N-methyl/N-ethyl adjacent to an activating group) is 1. The molecule has 3 rings (SSSR count). The molecule has 0 bridgehead atoms. The van der Waals surface area contributed by atoms with Gasteiger partial charge in [0.25, 0.3) is 0 Å². The molecule has 62 heavy (non-hydrogen) atoms. The number of rotatable bonds is 14. The molecule has 354 valence electrons. The van der Waals surface area contributed by atoms with Crippen LogP contribution in [-0.2, 0) is 66.6 Å². The van der Waals surface area contributed by atoms with Crippen molar-refractivity contribution >= 4 is 30.2 Å². The maximum absolute atomic E-state index is 13.4. The van der Waals surface area contributed by atoms with Gasteiger partial charge in [0.15, 0.2) is 18.7 Å². The number of carbonyl (C=O) groups is 5. The van der Waals surface area contributed by atoms with E-state index in [1.807, 2.05) is 26.8 Å². The maximum atomic E-state index is 13.4. The molecule has 0 aromatic heterocycles. The molecule has 3 aliphatic rings. The first-order valence-electron chi connectivity index (χ1n) is 21.9. The number of esters is 4. The molecule has 0 spiro atoms. The molecule has 2 saturated heterocycles. The number of cyclic esters (lactones) is 1. The molecule has 0 aromatic carbocycles. The lowest BCUT2D eigenvalue weighted by molar-refractivity contribution is -0.344. The summed E-state index contributed by atoms with van der Waals surface area (Å²) in [6.45, 7) is 15.2. The van der Waals surface area contributed by atoms with Crippen LogP contribution in [0.4, 0.5) is 0 Å². The minimum Gasteiger partial charge on any atom is -0.462 e. The van der Waals surface area contributed by atoms with Gasteiger partial charge in [-0.1, -0.05) is 45.9 Å². The van der Waals surface area contributed by atoms with E-state index in [9.17, 15) is 34.2 Å². The predicted molar refractivity (Wildman–Crippen MR) is 224 cm³/mol. The van der Waals surface area contributed by atoms with Gasteiger partial charge < -0.3 is 62.5 Å². The molecule has 17 nitrogen and oxygen atoms in total. The SMILES string of the molecule is CCC(=O)O[C@@H]1/C=C\C=C/C[C@H](C)OC(=O)C[C@H](OC(C)=O)[C@H](OC)[C@H](O[C@@H]2O[C@H](C)[C@H](O[C@@H]3C[C@](C)(O)[C@H](OC(=O)CC(C)C)[C@H](C)O3)[C@H](N(C)C)[C@@H]2O)[C@@H](CC=O)C[C@H]1C. The van der Waals surface area contributed by atoms with E-state index in [0.717, 1.165) is 0 Å². The smallest absolute Gasteiger partial charge is 0.309 e. The van der Waals surface area contributed by atoms with E-state index in [0.29, 0.717) is 12.7 Å². The first-order valence-corrected chi connectivity index (χ1v) is 21.9. The zero-order chi connectivity index (χ0) is 46.5. The van der Waals surface area contributed by atoms with E-state index in [1.54, 1.807) is 71.8 Å². The molecule has 3 aliphatic heterocycles. The van der Waals surface area contributed by atoms with Crippen molar-refractivity contribution < 1.29 is 76.8 Å². The molecule has 3 heterocycles. The van der Waals surface area contributed by atoms with Crippen LogP contribution in [0.5, 0.6) is 0 Å². The summed E-state index contributed by atoms with van der Waals surface area (Å²) in [5.74, 6) is -3.31. The topological polar surface area (TPSA) is 212 Å². The van der Waals surface area contributed by atoms with E-state index >= 15 is 0 Å². The molecule has 2 N–H and O–H groups in total. The minimum absolute atomic E-state index is 0.0572. The van der Waals surface area contributed by atoms with Crippen molar-refractivity contribution in [2.45, 2.75) is 193 Å². The Labute approximate surface area is 367 Å². The van der Waals surface area contributed by atoms with Crippen LogP contribution in [0.3, 0.4) is 0 Å². The molecule has 2 fully saturated rings. The number of aldehydes is 1. The quantitative estimate of drug-likeness (QED) is 0.144. The second-order valence-corrected chi connectivity index (χ2v) is 17.8. The summed E-state index contributed by atoms with van der Waals surface area (Å²) < 4.78 is 54.7. The maximum Gasteiger partial charge on any atom is 0.309 e. The van der Waals surface area contributed by atoms with Crippen molar-refractivity contribution in [2.24, 2.45) is 17.8 Å². The fraction of sp³-hybridized carbons (Fsp3) is 0.800. The van der Waals surface area contributed by atoms with Crippen molar-refractivity contribution in [3.05, 3.63) is 24.3 Å². The van der Waals surface area contributed by atoms with Gasteiger partial charge in [0, 0.05) is 46.1 Å². The molecular weight excluding hydrogens is 810 g/mol. The highest BCUT2D eigenvalue weighted by Crippen LogP contribution is 2.38. The van der Waals surface area contributed by atoms with Crippen LogP contribution in [0.25, 0.3) is 0 Å². The zero-order valence-corrected chi connectivity index (χ0v) is 38.6. The average Bonchev–Trinajstić information content (AvgIpc) is 3.15. The van der Waals surface area contributed by atoms with Gasteiger partial charge in [-0.3, -0.25) is 19.2 Å². The van der Waals surface area contributed by atoms with E-state index in [4.69, 9.17) is 42.6 Å². The summed E-state index contributed by atoms with van der Waals surface area (Å²) in [7, 11) is 4.85. The zero-order valence-electron chi connectivity index (χ0n) is 38.6. The number of methoxy groups -OCH3 is 1. The fourth-order valence-corrected chi connectivity index (χ4v) is 8.46. The van der Waals surface area contributed by atoms with Gasteiger partial charge in [0.2, 0.25) is 0 Å². The van der Waals surface area contributed by atoms with Gasteiger partial charge in [-0.2, -0.15) is 0 Å². The third-order valence-corrected chi connectivity index (χ3v) is 11.4. The lowest BCUT2D eigenvalue weighted by Gasteiger charge is -2.50. The first-order chi connectivity index (χ1) is 29.1. The Morgan fingerprint density at radius 2 is 1.68 bits per heavy atom. The number of allylic oxidation sites excluding steroid dienone is 2.